The minimum atomic E-state index is -0.953. The molecule has 6 nitrogen and oxygen atoms in total. The van der Waals surface area contributed by atoms with Gasteiger partial charge < -0.3 is 0 Å². The van der Waals surface area contributed by atoms with E-state index in [1.165, 1.54) is 253 Å². The van der Waals surface area contributed by atoms with Gasteiger partial charge in [0.1, 0.15) is 0 Å². The lowest BCUT2D eigenvalue weighted by Crippen LogP contribution is -2.29. The van der Waals surface area contributed by atoms with Crippen molar-refractivity contribution < 1.29 is 9.59 Å². The molecule has 16 heteroatoms. The van der Waals surface area contributed by atoms with Gasteiger partial charge in [0.2, 0.25) is 0 Å². The third-order valence-corrected chi connectivity index (χ3v) is 39.1. The second kappa shape index (κ2) is 42.2. The van der Waals surface area contributed by atoms with Crippen molar-refractivity contribution >= 4 is 169 Å². The van der Waals surface area contributed by atoms with E-state index in [0.717, 1.165) is 106 Å². The first kappa shape index (κ1) is 93.0. The van der Waals surface area contributed by atoms with E-state index in [1.54, 1.807) is 22.7 Å². The lowest BCUT2D eigenvalue weighted by atomic mass is 9.66. The Morgan fingerprint density at radius 1 is 0.400 bits per heavy atom. The number of allylic oxidation sites excluding steroid dienone is 6. The number of ketones is 2. The normalized spacial score (nSPS) is 15.7. The first-order valence-electron chi connectivity index (χ1n) is 47.7. The maximum atomic E-state index is 15.2. The number of rotatable bonds is 42. The van der Waals surface area contributed by atoms with Crippen LogP contribution in [0.1, 0.15) is 318 Å². The summed E-state index contributed by atoms with van der Waals surface area (Å²) in [7, 11) is 0. The zero-order valence-corrected chi connectivity index (χ0v) is 84.4. The van der Waals surface area contributed by atoms with Crippen molar-refractivity contribution in [1.82, 2.24) is 0 Å². The summed E-state index contributed by atoms with van der Waals surface area (Å²) in [5.41, 5.74) is 19.3. The van der Waals surface area contributed by atoms with Gasteiger partial charge in [-0.05, 0) is 213 Å². The molecule has 8 aromatic heterocycles. The smallest absolute Gasteiger partial charge is 0.270 e. The fraction of sp³-hybridized carbons (Fsp3) is 0.368. The van der Waals surface area contributed by atoms with E-state index in [2.05, 4.69) is 211 Å². The van der Waals surface area contributed by atoms with Crippen LogP contribution >= 0.6 is 114 Å². The van der Waals surface area contributed by atoms with E-state index in [-0.39, 0.29) is 23.0 Å². The minimum Gasteiger partial charge on any atom is -0.289 e. The summed E-state index contributed by atoms with van der Waals surface area (Å²) in [5.74, 6) is 2.93. The Balaban J connectivity index is 1.04. The number of nitrogens with zero attached hydrogens (tertiary/aromatic N) is 4. The Morgan fingerprint density at radius 2 is 0.731 bits per heavy atom. The van der Waals surface area contributed by atoms with E-state index < -0.39 is 10.8 Å². The quantitative estimate of drug-likeness (QED) is 0.0124. The van der Waals surface area contributed by atoms with E-state index in [9.17, 15) is 10.5 Å². The van der Waals surface area contributed by atoms with Gasteiger partial charge in [-0.3, -0.25) is 9.59 Å². The van der Waals surface area contributed by atoms with Crippen molar-refractivity contribution in [3.05, 3.63) is 299 Å². The van der Waals surface area contributed by atoms with E-state index in [0.29, 0.717) is 56.4 Å². The lowest BCUT2D eigenvalue weighted by Gasteiger charge is -2.35. The van der Waals surface area contributed by atoms with Crippen molar-refractivity contribution in [2.24, 2.45) is 11.8 Å². The van der Waals surface area contributed by atoms with Crippen LogP contribution in [0.4, 0.5) is 0 Å². The number of hydrogen-bond donors (Lipinski definition) is 0. The Hall–Kier alpha value is -8.82. The summed E-state index contributed by atoms with van der Waals surface area (Å²) in [6.45, 7) is 35.4. The number of fused-ring (bicyclic) bond motifs is 12. The number of carbonyl (C=O) groups excluding carboxylic acids is 2. The molecule has 0 saturated carbocycles. The van der Waals surface area contributed by atoms with E-state index in [1.807, 2.05) is 103 Å². The van der Waals surface area contributed by atoms with E-state index >= 15 is 9.59 Å². The summed E-state index contributed by atoms with van der Waals surface area (Å²) in [4.78, 5) is 47.1. The number of carbonyl (C=O) groups is 2. The Morgan fingerprint density at radius 3 is 1.04 bits per heavy atom. The highest BCUT2D eigenvalue weighted by atomic mass is 32.2. The second-order valence-electron chi connectivity index (χ2n) is 35.8. The Bertz CT molecular complexity index is 6110. The van der Waals surface area contributed by atoms with E-state index in [4.69, 9.17) is 13.1 Å². The molecule has 0 radical (unpaired) electrons. The van der Waals surface area contributed by atoms with Gasteiger partial charge >= 0.3 is 0 Å². The number of aryl methyl sites for hydroxylation is 4. The Labute approximate surface area is 811 Å². The number of nitriles is 2. The van der Waals surface area contributed by atoms with Gasteiger partial charge in [-0.2, -0.15) is 22.7 Å². The summed E-state index contributed by atoms with van der Waals surface area (Å²) in [5, 5.41) is 31.8. The topological polar surface area (TPSA) is 90.4 Å². The lowest BCUT2D eigenvalue weighted by molar-refractivity contribution is 0.103. The molecule has 8 heterocycles. The molecule has 0 amide bonds. The Kier molecular flexibility index (Phi) is 30.2. The van der Waals surface area contributed by atoms with Crippen LogP contribution in [0.3, 0.4) is 0 Å². The average Bonchev–Trinajstić information content (AvgIpc) is 1.48. The molecule has 662 valence electrons. The first-order chi connectivity index (χ1) is 63.8. The van der Waals surface area contributed by atoms with Gasteiger partial charge in [0.15, 0.2) is 11.6 Å². The summed E-state index contributed by atoms with van der Waals surface area (Å²) in [6.07, 6.45) is 36.1. The fourth-order valence-corrected chi connectivity index (χ4v) is 32.7. The maximum Gasteiger partial charge on any atom is 0.270 e. The zero-order valence-electron chi connectivity index (χ0n) is 76.2. The highest BCUT2D eigenvalue weighted by Gasteiger charge is 2.55. The van der Waals surface area contributed by atoms with Gasteiger partial charge in [0.05, 0.1) is 64.0 Å². The predicted octanol–water partition coefficient (Wildman–Crippen LogP) is 36.5. The second-order valence-corrected chi connectivity index (χ2v) is 46.3. The number of thioether (sulfide) groups is 2. The van der Waals surface area contributed by atoms with Crippen molar-refractivity contribution in [1.29, 1.82) is 10.5 Å². The largest absolute Gasteiger partial charge is 0.289 e. The standard InChI is InChI=1S/C114H114N4O2S10/c1-11-19-25-29-35-73-39-47-77(48-40-73)113(78-49-41-74(42-50-78)36-30-26-20-12-2)89-61-81(59-83-97(91(63-115)117-9)85-67-121-69-87(85)105(83)119)125-107(89)111-103(113)101-99(93-55-57-95(127-93)123-65-71(17-7)33-23-15-5)110-102(100(109(101)129-111)94-56-58-96(128-94)124-66-72(18-8)34-24-16-6)104-112(130-110)108-90(62-82(126-108)60-84-98(92(64-116)118-10)86-68-122-70-88(86)106(84)120)114(104,79-51-43-75(44-52-79)37-31-27-21-13-3)80-53-45-76(46-54-80)38-32-28-22-14-4/h39-62,67-72H,11-38,65-66H2,1-8H3/b83-59-,84-60-,97-91+,98-92?. The molecule has 0 saturated heterocycles. The van der Waals surface area contributed by atoms with Crippen molar-refractivity contribution in [3.8, 4) is 52.5 Å². The highest BCUT2D eigenvalue weighted by Crippen LogP contribution is 2.71. The SMILES string of the molecule is [C-]#[N+]C(C#N)=C1/C(=C/c2cc3c(s2)-c2sc4c(-c5ccc(SCC(CC)CCCC)s5)c5c6c(sc5c(-c5ccc(SCC(CC)CCCC)s5)c4c2C3(c2ccc(CCCCCC)cc2)c2ccc(CCCCCC)cc2)-c2sc(/C=C3\C(=O)c4cscc4\C3=C(/C#N)[N+]#[C-])cc2C6(c2ccc(CCCCCC)cc2)c2ccc(CCCCCC)cc2)C(=O)c2cscc21. The van der Waals surface area contributed by atoms with Crippen LogP contribution in [0.2, 0.25) is 0 Å². The van der Waals surface area contributed by atoms with Crippen LogP contribution in [-0.4, -0.2) is 23.1 Å². The molecular formula is C114H114N4O2S10. The van der Waals surface area contributed by atoms with Gasteiger partial charge in [-0.15, -0.1) is 91.5 Å². The van der Waals surface area contributed by atoms with Crippen LogP contribution in [-0.2, 0) is 36.5 Å². The number of thiophene rings is 8. The molecule has 4 aliphatic rings. The van der Waals surface area contributed by atoms with Crippen LogP contribution in [0, 0.1) is 47.6 Å². The molecule has 130 heavy (non-hydrogen) atoms. The van der Waals surface area contributed by atoms with Gasteiger partial charge in [-0.1, -0.05) is 268 Å². The highest BCUT2D eigenvalue weighted by molar-refractivity contribution is 8.01. The zero-order chi connectivity index (χ0) is 90.2. The van der Waals surface area contributed by atoms with Gasteiger partial charge in [0.25, 0.3) is 11.4 Å². The molecule has 13 aromatic rings. The molecule has 4 aliphatic carbocycles. The minimum absolute atomic E-state index is 0.0786. The number of hydrogen-bond acceptors (Lipinski definition) is 14. The monoisotopic (exact) mass is 1890 g/mol. The fourth-order valence-electron chi connectivity index (χ4n) is 20.5. The molecule has 17 rings (SSSR count). The third kappa shape index (κ3) is 17.6. The predicted molar refractivity (Wildman–Crippen MR) is 565 cm³/mol. The molecule has 5 aromatic carbocycles. The number of benzene rings is 5. The number of Topliss-reactive ketones (excluding diaryl/α,β-unsaturated/α-hetero) is 2. The van der Waals surface area contributed by atoms with Crippen LogP contribution in [0.25, 0.3) is 93.6 Å². The molecule has 0 N–H and O–H groups in total. The summed E-state index contributed by atoms with van der Waals surface area (Å²) < 4.78 is 5.10. The van der Waals surface area contributed by atoms with Crippen LogP contribution in [0.5, 0.6) is 0 Å². The molecule has 0 aliphatic heterocycles. The molecule has 0 spiro atoms. The summed E-state index contributed by atoms with van der Waals surface area (Å²) in [6, 6.07) is 58.3. The van der Waals surface area contributed by atoms with Gasteiger partial charge in [0, 0.05) is 106 Å². The van der Waals surface area contributed by atoms with Gasteiger partial charge in [-0.25, -0.2) is 20.2 Å². The number of unbranched alkanes of at least 4 members (excludes halogenated alkanes) is 14. The van der Waals surface area contributed by atoms with Crippen molar-refractivity contribution in [2.45, 2.75) is 254 Å². The van der Waals surface area contributed by atoms with Crippen molar-refractivity contribution in [2.75, 3.05) is 11.5 Å². The molecule has 2 atom stereocenters. The maximum absolute atomic E-state index is 15.2. The van der Waals surface area contributed by atoms with Crippen molar-refractivity contribution in [3.63, 3.8) is 0 Å². The first-order valence-corrected chi connectivity index (χ1v) is 56.5. The van der Waals surface area contributed by atoms with Crippen LogP contribution < -0.4 is 0 Å². The molecule has 0 fully saturated rings. The third-order valence-electron chi connectivity index (χ3n) is 27.6. The van der Waals surface area contributed by atoms with Crippen LogP contribution in [0.15, 0.2) is 186 Å². The molecule has 0 bridgehead atoms. The molecular weight excluding hydrogens is 1780 g/mol. The summed E-state index contributed by atoms with van der Waals surface area (Å²) >= 11 is 18.2. The average molecular weight is 1890 g/mol. The molecule has 2 unspecified atom stereocenters.